The zero-order valence-corrected chi connectivity index (χ0v) is 8.72. The van der Waals surface area contributed by atoms with Crippen LogP contribution in [0.3, 0.4) is 0 Å². The highest BCUT2D eigenvalue weighted by Crippen LogP contribution is 2.42. The molecule has 0 aromatic heterocycles. The Balaban J connectivity index is 1.85. The molecule has 0 radical (unpaired) electrons. The predicted molar refractivity (Wildman–Crippen MR) is 50.2 cm³/mol. The molecule has 0 N–H and O–H groups in total. The van der Waals surface area contributed by atoms with Gasteiger partial charge in [-0.1, -0.05) is 25.7 Å². The van der Waals surface area contributed by atoms with Gasteiger partial charge in [-0.05, 0) is 31.1 Å². The molecule has 0 bridgehead atoms. The molecule has 2 aliphatic carbocycles. The summed E-state index contributed by atoms with van der Waals surface area (Å²) in [5.41, 5.74) is 0. The Hall–Kier alpha value is -0.250. The van der Waals surface area contributed by atoms with E-state index in [9.17, 15) is 13.2 Å². The lowest BCUT2D eigenvalue weighted by Gasteiger charge is -2.39. The summed E-state index contributed by atoms with van der Waals surface area (Å²) < 4.78 is 40.3. The number of ether oxygens (including phenoxy) is 1. The molecule has 0 aromatic rings. The maximum atomic E-state index is 12.0. The van der Waals surface area contributed by atoms with E-state index in [1.54, 1.807) is 0 Å². The summed E-state index contributed by atoms with van der Waals surface area (Å²) >= 11 is 0. The van der Waals surface area contributed by atoms with E-state index >= 15 is 0 Å². The van der Waals surface area contributed by atoms with Crippen molar-refractivity contribution in [1.29, 1.82) is 0 Å². The topological polar surface area (TPSA) is 9.23 Å². The van der Waals surface area contributed by atoms with E-state index in [1.165, 1.54) is 19.3 Å². The zero-order valence-electron chi connectivity index (χ0n) is 8.72. The minimum absolute atomic E-state index is 0.486. The summed E-state index contributed by atoms with van der Waals surface area (Å²) in [7, 11) is 0. The highest BCUT2D eigenvalue weighted by molar-refractivity contribution is 4.83. The summed E-state index contributed by atoms with van der Waals surface area (Å²) in [5.74, 6) is 1.16. The summed E-state index contributed by atoms with van der Waals surface area (Å²) in [4.78, 5) is 0. The van der Waals surface area contributed by atoms with Crippen molar-refractivity contribution in [2.45, 2.75) is 57.4 Å². The van der Waals surface area contributed by atoms with Gasteiger partial charge in [0, 0.05) is 0 Å². The number of hydrogen-bond donors (Lipinski definition) is 0. The van der Waals surface area contributed by atoms with Crippen LogP contribution in [0.4, 0.5) is 13.2 Å². The van der Waals surface area contributed by atoms with Crippen LogP contribution in [0.2, 0.25) is 0 Å². The van der Waals surface area contributed by atoms with Crippen LogP contribution >= 0.6 is 0 Å². The first-order valence-corrected chi connectivity index (χ1v) is 5.79. The minimum atomic E-state index is -4.45. The fourth-order valence-corrected chi connectivity index (χ4v) is 3.13. The van der Waals surface area contributed by atoms with Gasteiger partial charge in [0.2, 0.25) is 0 Å². The van der Waals surface area contributed by atoms with Crippen LogP contribution in [0.1, 0.15) is 44.9 Å². The normalized spacial score (nSPS) is 37.4. The van der Waals surface area contributed by atoms with Crippen molar-refractivity contribution in [2.24, 2.45) is 11.8 Å². The highest BCUT2D eigenvalue weighted by Gasteiger charge is 2.39. The van der Waals surface area contributed by atoms with Crippen LogP contribution < -0.4 is 0 Å². The Bertz CT molecular complexity index is 214. The van der Waals surface area contributed by atoms with Crippen LogP contribution in [-0.4, -0.2) is 12.5 Å². The summed E-state index contributed by atoms with van der Waals surface area (Å²) in [6.07, 6.45) is 1.84. The van der Waals surface area contributed by atoms with Crippen molar-refractivity contribution < 1.29 is 17.9 Å². The Kier molecular flexibility index (Phi) is 3.24. The molecule has 0 heterocycles. The summed E-state index contributed by atoms with van der Waals surface area (Å²) in [6, 6.07) is 0. The molecule has 2 saturated carbocycles. The van der Waals surface area contributed by atoms with E-state index in [1.807, 2.05) is 0 Å². The molecule has 0 saturated heterocycles. The van der Waals surface area contributed by atoms with Crippen molar-refractivity contribution in [1.82, 2.24) is 0 Å². The van der Waals surface area contributed by atoms with Crippen LogP contribution in [0.25, 0.3) is 0 Å². The van der Waals surface area contributed by atoms with Crippen molar-refractivity contribution in [2.75, 3.05) is 0 Å². The molecule has 2 rings (SSSR count). The molecule has 0 aliphatic heterocycles. The Morgan fingerprint density at radius 2 is 1.53 bits per heavy atom. The van der Waals surface area contributed by atoms with Crippen molar-refractivity contribution in [3.05, 3.63) is 0 Å². The quantitative estimate of drug-likeness (QED) is 0.654. The second-order valence-corrected chi connectivity index (χ2v) is 4.80. The van der Waals surface area contributed by atoms with Crippen LogP contribution in [0, 0.1) is 11.8 Å². The van der Waals surface area contributed by atoms with E-state index in [-0.39, 0.29) is 0 Å². The molecule has 3 unspecified atom stereocenters. The Labute approximate surface area is 88.0 Å². The molecule has 3 atom stereocenters. The van der Waals surface area contributed by atoms with Crippen molar-refractivity contribution in [3.63, 3.8) is 0 Å². The van der Waals surface area contributed by atoms with Crippen molar-refractivity contribution in [3.8, 4) is 0 Å². The van der Waals surface area contributed by atoms with Gasteiger partial charge in [-0.25, -0.2) is 0 Å². The fourth-order valence-electron chi connectivity index (χ4n) is 3.13. The highest BCUT2D eigenvalue weighted by atomic mass is 19.4. The lowest BCUT2D eigenvalue weighted by Crippen LogP contribution is -2.34. The largest absolute Gasteiger partial charge is 0.522 e. The number of halogens is 3. The first kappa shape index (κ1) is 11.2. The first-order chi connectivity index (χ1) is 7.04. The van der Waals surface area contributed by atoms with Gasteiger partial charge < -0.3 is 0 Å². The van der Waals surface area contributed by atoms with Gasteiger partial charge in [0.15, 0.2) is 0 Å². The monoisotopic (exact) mass is 222 g/mol. The van der Waals surface area contributed by atoms with Gasteiger partial charge in [0.1, 0.15) is 0 Å². The number of fused-ring (bicyclic) bond motifs is 1. The molecule has 0 amide bonds. The third-order valence-corrected chi connectivity index (χ3v) is 3.79. The van der Waals surface area contributed by atoms with Crippen molar-refractivity contribution >= 4 is 0 Å². The van der Waals surface area contributed by atoms with Crippen LogP contribution in [0.15, 0.2) is 0 Å². The van der Waals surface area contributed by atoms with Gasteiger partial charge in [-0.3, -0.25) is 4.74 Å². The Morgan fingerprint density at radius 1 is 0.867 bits per heavy atom. The van der Waals surface area contributed by atoms with E-state index in [0.29, 0.717) is 24.7 Å². The average molecular weight is 222 g/mol. The molecule has 88 valence electrons. The van der Waals surface area contributed by atoms with Gasteiger partial charge in [0.25, 0.3) is 0 Å². The molecule has 15 heavy (non-hydrogen) atoms. The van der Waals surface area contributed by atoms with Gasteiger partial charge >= 0.3 is 6.36 Å². The van der Waals surface area contributed by atoms with Gasteiger partial charge in [0.05, 0.1) is 6.10 Å². The lowest BCUT2D eigenvalue weighted by molar-refractivity contribution is -0.347. The lowest BCUT2D eigenvalue weighted by atomic mass is 9.70. The predicted octanol–water partition coefficient (Wildman–Crippen LogP) is 3.88. The molecular formula is C11H17F3O. The molecule has 4 heteroatoms. The zero-order chi connectivity index (χ0) is 10.9. The third-order valence-electron chi connectivity index (χ3n) is 3.79. The van der Waals surface area contributed by atoms with Crippen LogP contribution in [-0.2, 0) is 4.74 Å². The van der Waals surface area contributed by atoms with Gasteiger partial charge in [-0.2, -0.15) is 0 Å². The number of alkyl halides is 3. The molecule has 1 nitrogen and oxygen atoms in total. The molecule has 0 aromatic carbocycles. The molecular weight excluding hydrogens is 205 g/mol. The smallest absolute Gasteiger partial charge is 0.289 e. The average Bonchev–Trinajstić information content (AvgIpc) is 2.15. The molecule has 2 fully saturated rings. The summed E-state index contributed by atoms with van der Waals surface area (Å²) in [5, 5.41) is 0. The third kappa shape index (κ3) is 3.10. The molecule has 0 spiro atoms. The second-order valence-electron chi connectivity index (χ2n) is 4.80. The molecule has 2 aliphatic rings. The Morgan fingerprint density at radius 3 is 2.20 bits per heavy atom. The summed E-state index contributed by atoms with van der Waals surface area (Å²) in [6.45, 7) is 0. The second kappa shape index (κ2) is 4.32. The number of hydrogen-bond acceptors (Lipinski definition) is 1. The maximum Gasteiger partial charge on any atom is 0.522 e. The maximum absolute atomic E-state index is 12.0. The standard InChI is InChI=1S/C11H17F3O/c12-11(13,14)15-10-6-5-8-3-1-2-4-9(8)7-10/h8-10H,1-7H2. The van der Waals surface area contributed by atoms with E-state index in [0.717, 1.165) is 12.8 Å². The van der Waals surface area contributed by atoms with Gasteiger partial charge in [-0.15, -0.1) is 13.2 Å². The first-order valence-electron chi connectivity index (χ1n) is 5.79. The fraction of sp³-hybridized carbons (Fsp3) is 1.00. The van der Waals surface area contributed by atoms with E-state index in [2.05, 4.69) is 4.74 Å². The van der Waals surface area contributed by atoms with E-state index in [4.69, 9.17) is 0 Å². The van der Waals surface area contributed by atoms with E-state index < -0.39 is 12.5 Å². The van der Waals surface area contributed by atoms with Crippen LogP contribution in [0.5, 0.6) is 0 Å². The SMILES string of the molecule is FC(F)(F)OC1CCC2CCCCC2C1. The minimum Gasteiger partial charge on any atom is -0.289 e. The number of rotatable bonds is 1.